The van der Waals surface area contributed by atoms with Crippen LogP contribution in [0.5, 0.6) is 5.75 Å². The number of halogens is 2. The first-order valence-corrected chi connectivity index (χ1v) is 8.65. The number of carbonyl (C=O) groups is 1. The molecule has 1 N–H and O–H groups in total. The van der Waals surface area contributed by atoms with E-state index in [9.17, 15) is 4.79 Å². The number of hydrogen-bond donors (Lipinski definition) is 1. The monoisotopic (exact) mass is 370 g/mol. The van der Waals surface area contributed by atoms with Gasteiger partial charge in [-0.1, -0.05) is 0 Å². The largest absolute Gasteiger partial charge is 0.497 e. The SMILES string of the molecule is COc1ccc(-c2nc(NC(=O)C3(C)CC3(Cl)Cl)sc2C)cc1. The second-order valence-electron chi connectivity index (χ2n) is 5.82. The Kier molecular flexibility index (Phi) is 4.07. The first kappa shape index (κ1) is 16.6. The maximum atomic E-state index is 12.3. The van der Waals surface area contributed by atoms with E-state index in [0.29, 0.717) is 11.6 Å². The Hall–Kier alpha value is -1.30. The Morgan fingerprint density at radius 3 is 2.48 bits per heavy atom. The fourth-order valence-electron chi connectivity index (χ4n) is 2.35. The van der Waals surface area contributed by atoms with Crippen molar-refractivity contribution in [1.82, 2.24) is 4.98 Å². The van der Waals surface area contributed by atoms with Crippen molar-refractivity contribution >= 4 is 45.6 Å². The number of ether oxygens (including phenoxy) is 1. The molecule has 1 aliphatic carbocycles. The molecule has 1 aliphatic rings. The summed E-state index contributed by atoms with van der Waals surface area (Å²) in [7, 11) is 1.63. The fourth-order valence-corrected chi connectivity index (χ4v) is 3.88. The van der Waals surface area contributed by atoms with E-state index in [1.807, 2.05) is 31.2 Å². The zero-order chi connectivity index (χ0) is 16.8. The predicted molar refractivity (Wildman–Crippen MR) is 94.6 cm³/mol. The molecule has 1 aromatic heterocycles. The average Bonchev–Trinajstić information content (AvgIpc) is 2.85. The van der Waals surface area contributed by atoms with Gasteiger partial charge in [-0.15, -0.1) is 34.5 Å². The van der Waals surface area contributed by atoms with Crippen LogP contribution in [-0.4, -0.2) is 22.3 Å². The molecule has 0 spiro atoms. The van der Waals surface area contributed by atoms with Crippen LogP contribution in [0.15, 0.2) is 24.3 Å². The first-order chi connectivity index (χ1) is 10.8. The molecule has 0 bridgehead atoms. The second-order valence-corrected chi connectivity index (χ2v) is 8.51. The lowest BCUT2D eigenvalue weighted by molar-refractivity contribution is -0.120. The number of hydrogen-bond acceptors (Lipinski definition) is 4. The lowest BCUT2D eigenvalue weighted by Crippen LogP contribution is -2.25. The molecule has 1 fully saturated rings. The van der Waals surface area contributed by atoms with Crippen molar-refractivity contribution in [3.8, 4) is 17.0 Å². The van der Waals surface area contributed by atoms with Gasteiger partial charge in [-0.2, -0.15) is 0 Å². The number of thiazole rings is 1. The van der Waals surface area contributed by atoms with Crippen LogP contribution < -0.4 is 10.1 Å². The first-order valence-electron chi connectivity index (χ1n) is 7.08. The number of methoxy groups -OCH3 is 1. The van der Waals surface area contributed by atoms with Crippen LogP contribution in [0.3, 0.4) is 0 Å². The quantitative estimate of drug-likeness (QED) is 0.796. The van der Waals surface area contributed by atoms with E-state index in [0.717, 1.165) is 21.9 Å². The van der Waals surface area contributed by atoms with Crippen molar-refractivity contribution in [3.05, 3.63) is 29.1 Å². The molecule has 0 saturated heterocycles. The van der Waals surface area contributed by atoms with Crippen LogP contribution in [-0.2, 0) is 4.79 Å². The van der Waals surface area contributed by atoms with Gasteiger partial charge in [0.15, 0.2) is 5.13 Å². The molecule has 1 atom stereocenters. The zero-order valence-corrected chi connectivity index (χ0v) is 15.3. The van der Waals surface area contributed by atoms with Crippen LogP contribution in [0.25, 0.3) is 11.3 Å². The summed E-state index contributed by atoms with van der Waals surface area (Å²) in [5, 5.41) is 3.38. The minimum absolute atomic E-state index is 0.197. The van der Waals surface area contributed by atoms with Crippen LogP contribution in [0, 0.1) is 12.3 Å². The number of benzene rings is 1. The summed E-state index contributed by atoms with van der Waals surface area (Å²) in [5.41, 5.74) is 1.06. The molecule has 1 aromatic carbocycles. The highest BCUT2D eigenvalue weighted by Gasteiger charge is 2.68. The van der Waals surface area contributed by atoms with Gasteiger partial charge in [-0.05, 0) is 44.5 Å². The lowest BCUT2D eigenvalue weighted by Gasteiger charge is -2.10. The van der Waals surface area contributed by atoms with Gasteiger partial charge >= 0.3 is 0 Å². The molecule has 3 rings (SSSR count). The summed E-state index contributed by atoms with van der Waals surface area (Å²) in [6.45, 7) is 3.73. The molecule has 23 heavy (non-hydrogen) atoms. The highest BCUT2D eigenvalue weighted by Crippen LogP contribution is 2.64. The van der Waals surface area contributed by atoms with E-state index in [1.165, 1.54) is 11.3 Å². The summed E-state index contributed by atoms with van der Waals surface area (Å²) < 4.78 is 4.17. The number of rotatable bonds is 4. The summed E-state index contributed by atoms with van der Waals surface area (Å²) in [6, 6.07) is 7.65. The number of aromatic nitrogens is 1. The van der Waals surface area contributed by atoms with Crippen molar-refractivity contribution in [2.45, 2.75) is 24.6 Å². The van der Waals surface area contributed by atoms with Gasteiger partial charge in [0.05, 0.1) is 18.2 Å². The van der Waals surface area contributed by atoms with Crippen LogP contribution >= 0.6 is 34.5 Å². The van der Waals surface area contributed by atoms with Gasteiger partial charge < -0.3 is 10.1 Å². The molecule has 1 unspecified atom stereocenters. The average molecular weight is 371 g/mol. The molecule has 1 saturated carbocycles. The van der Waals surface area contributed by atoms with Crippen LogP contribution in [0.1, 0.15) is 18.2 Å². The number of aryl methyl sites for hydroxylation is 1. The minimum atomic E-state index is -0.984. The molecule has 0 aliphatic heterocycles. The van der Waals surface area contributed by atoms with Crippen LogP contribution in [0.2, 0.25) is 0 Å². The lowest BCUT2D eigenvalue weighted by atomic mass is 10.1. The van der Waals surface area contributed by atoms with Gasteiger partial charge in [0.2, 0.25) is 5.91 Å². The topological polar surface area (TPSA) is 51.2 Å². The Balaban J connectivity index is 1.80. The molecule has 122 valence electrons. The third kappa shape index (κ3) is 2.93. The maximum absolute atomic E-state index is 12.3. The third-order valence-corrected chi connectivity index (χ3v) is 6.13. The van der Waals surface area contributed by atoms with E-state index < -0.39 is 9.75 Å². The van der Waals surface area contributed by atoms with Crippen molar-refractivity contribution in [1.29, 1.82) is 0 Å². The summed E-state index contributed by atoms with van der Waals surface area (Å²) >= 11 is 13.5. The Labute approximate surface area is 148 Å². The molecule has 2 aromatic rings. The van der Waals surface area contributed by atoms with Gasteiger partial charge in [-0.3, -0.25) is 4.79 Å². The van der Waals surface area contributed by atoms with Crippen molar-refractivity contribution in [3.63, 3.8) is 0 Å². The van der Waals surface area contributed by atoms with E-state index >= 15 is 0 Å². The summed E-state index contributed by atoms with van der Waals surface area (Å²) in [4.78, 5) is 17.9. The van der Waals surface area contributed by atoms with E-state index in [-0.39, 0.29) is 5.91 Å². The number of nitrogens with one attached hydrogen (secondary N) is 1. The van der Waals surface area contributed by atoms with Crippen LogP contribution in [0.4, 0.5) is 5.13 Å². The smallest absolute Gasteiger partial charge is 0.235 e. The van der Waals surface area contributed by atoms with Crippen molar-refractivity contribution < 1.29 is 9.53 Å². The molecular formula is C16H16Cl2N2O2S. The van der Waals surface area contributed by atoms with Gasteiger partial charge in [0.25, 0.3) is 0 Å². The van der Waals surface area contributed by atoms with Gasteiger partial charge in [-0.25, -0.2) is 4.98 Å². The van der Waals surface area contributed by atoms with Gasteiger partial charge in [0, 0.05) is 10.4 Å². The number of alkyl halides is 2. The highest BCUT2D eigenvalue weighted by molar-refractivity contribution is 7.16. The van der Waals surface area contributed by atoms with E-state index in [2.05, 4.69) is 10.3 Å². The van der Waals surface area contributed by atoms with Crippen molar-refractivity contribution in [2.24, 2.45) is 5.41 Å². The molecule has 7 heteroatoms. The number of carbonyl (C=O) groups excluding carboxylic acids is 1. The summed E-state index contributed by atoms with van der Waals surface area (Å²) in [6.07, 6.45) is 0.449. The number of amides is 1. The van der Waals surface area contributed by atoms with Crippen molar-refractivity contribution in [2.75, 3.05) is 12.4 Å². The zero-order valence-electron chi connectivity index (χ0n) is 12.9. The fraction of sp³-hybridized carbons (Fsp3) is 0.375. The number of anilines is 1. The standard InChI is InChI=1S/C16H16Cl2N2O2S/c1-9-12(10-4-6-11(22-3)7-5-10)19-14(23-9)20-13(21)15(2)8-16(15,17)18/h4-7H,8H2,1-3H3,(H,19,20,21). The van der Waals surface area contributed by atoms with Gasteiger partial charge in [0.1, 0.15) is 10.1 Å². The maximum Gasteiger partial charge on any atom is 0.235 e. The Morgan fingerprint density at radius 1 is 1.35 bits per heavy atom. The molecule has 1 amide bonds. The molecular weight excluding hydrogens is 355 g/mol. The Bertz CT molecular complexity index is 758. The predicted octanol–water partition coefficient (Wildman–Crippen LogP) is 4.65. The number of nitrogens with zero attached hydrogens (tertiary/aromatic N) is 1. The normalized spacial score (nSPS) is 21.8. The Morgan fingerprint density at radius 2 is 1.96 bits per heavy atom. The molecule has 0 radical (unpaired) electrons. The minimum Gasteiger partial charge on any atom is -0.497 e. The molecule has 4 nitrogen and oxygen atoms in total. The second kappa shape index (κ2) is 5.65. The van der Waals surface area contributed by atoms with E-state index in [4.69, 9.17) is 27.9 Å². The highest BCUT2D eigenvalue weighted by atomic mass is 35.5. The summed E-state index contributed by atoms with van der Waals surface area (Å²) in [5.74, 6) is 0.593. The third-order valence-electron chi connectivity index (χ3n) is 4.14. The molecule has 1 heterocycles. The van der Waals surface area contributed by atoms with E-state index in [1.54, 1.807) is 14.0 Å².